The van der Waals surface area contributed by atoms with Crippen molar-refractivity contribution in [1.29, 1.82) is 0 Å². The van der Waals surface area contributed by atoms with Crippen molar-refractivity contribution in [3.63, 3.8) is 0 Å². The van der Waals surface area contributed by atoms with Gasteiger partial charge in [-0.25, -0.2) is 0 Å². The van der Waals surface area contributed by atoms with Crippen molar-refractivity contribution in [3.05, 3.63) is 0 Å². The molecule has 85 valence electrons. The van der Waals surface area contributed by atoms with Gasteiger partial charge < -0.3 is 14.8 Å². The van der Waals surface area contributed by atoms with Crippen LogP contribution in [0.1, 0.15) is 27.7 Å². The predicted molar refractivity (Wildman–Crippen MR) is 62.1 cm³/mol. The van der Waals surface area contributed by atoms with Gasteiger partial charge in [0.2, 0.25) is 0 Å². The second-order valence-corrected chi connectivity index (χ2v) is 5.09. The minimum absolute atomic E-state index is 0.205. The molecule has 0 aliphatic carbocycles. The maximum atomic E-state index is 9.88. The van der Waals surface area contributed by atoms with Crippen molar-refractivity contribution in [2.45, 2.75) is 44.7 Å². The van der Waals surface area contributed by atoms with Gasteiger partial charge in [-0.3, -0.25) is 0 Å². The Bertz CT molecular complexity index is 248. The van der Waals surface area contributed by atoms with Crippen LogP contribution in [0.25, 0.3) is 0 Å². The fourth-order valence-corrected chi connectivity index (χ4v) is 1.08. The van der Waals surface area contributed by atoms with E-state index in [2.05, 4.69) is 5.10 Å². The number of hydrogen-bond donors (Lipinski definition) is 1. The summed E-state index contributed by atoms with van der Waals surface area (Å²) >= 11 is 0. The zero-order valence-corrected chi connectivity index (χ0v) is 10.2. The van der Waals surface area contributed by atoms with Gasteiger partial charge in [0.05, 0.1) is 11.2 Å². The van der Waals surface area contributed by atoms with Crippen LogP contribution in [0.15, 0.2) is 5.10 Å². The molecule has 1 unspecified atom stereocenters. The Hall–Kier alpha value is -0.545. The Kier molecular flexibility index (Phi) is 3.46. The predicted octanol–water partition coefficient (Wildman–Crippen LogP) is 0.891. The number of hydrogen-bond acceptors (Lipinski definition) is 4. The average Bonchev–Trinajstić information content (AvgIpc) is 2.46. The largest absolute Gasteiger partial charge is 0.432 e. The monoisotopic (exact) mass is 211 g/mol. The second kappa shape index (κ2) is 4.14. The van der Waals surface area contributed by atoms with Gasteiger partial charge in [0.1, 0.15) is 0 Å². The van der Waals surface area contributed by atoms with E-state index in [-0.39, 0.29) is 5.82 Å². The molecule has 0 saturated carbocycles. The second-order valence-electron chi connectivity index (χ2n) is 5.09. The van der Waals surface area contributed by atoms with Crippen molar-refractivity contribution in [1.82, 2.24) is 5.01 Å². The summed E-state index contributed by atoms with van der Waals surface area (Å²) in [4.78, 5) is 0. The lowest BCUT2D eigenvalue weighted by Crippen LogP contribution is -2.48. The highest BCUT2D eigenvalue weighted by Crippen LogP contribution is 2.26. The van der Waals surface area contributed by atoms with Crippen LogP contribution in [0.4, 0.5) is 0 Å². The Balaban J connectivity index is 2.40. The molecular weight excluding hydrogens is 191 g/mol. The van der Waals surface area contributed by atoms with Crippen LogP contribution in [-0.4, -0.2) is 48.6 Å². The fourth-order valence-electron chi connectivity index (χ4n) is 1.08. The summed E-state index contributed by atoms with van der Waals surface area (Å²) in [6.07, 6.45) is 1.85. The summed E-state index contributed by atoms with van der Waals surface area (Å²) in [6.45, 7) is 8.08. The first kappa shape index (κ1) is 12.5. The molecule has 1 rings (SSSR count). The smallest absolute Gasteiger partial charge is 0.304 e. The molecule has 0 aromatic carbocycles. The van der Waals surface area contributed by atoms with Crippen LogP contribution in [-0.2, 0) is 4.65 Å². The van der Waals surface area contributed by atoms with Crippen molar-refractivity contribution in [2.75, 3.05) is 13.6 Å². The fraction of sp³-hybridized carbons (Fsp3) is 0.900. The molecular formula is C10H20BN2O2. The number of nitrogens with zero attached hydrogens (tertiary/aromatic N) is 2. The summed E-state index contributed by atoms with van der Waals surface area (Å²) in [7, 11) is 3.68. The molecule has 1 radical (unpaired) electrons. The van der Waals surface area contributed by atoms with E-state index in [9.17, 15) is 5.11 Å². The molecule has 0 amide bonds. The molecule has 0 aromatic heterocycles. The molecule has 0 fully saturated rings. The van der Waals surface area contributed by atoms with E-state index in [0.29, 0.717) is 0 Å². The highest BCUT2D eigenvalue weighted by Gasteiger charge is 2.36. The minimum Gasteiger partial charge on any atom is -0.432 e. The Labute approximate surface area is 92.6 Å². The molecule has 1 N–H and O–H groups in total. The van der Waals surface area contributed by atoms with Gasteiger partial charge in [-0.2, -0.15) is 5.10 Å². The van der Waals surface area contributed by atoms with E-state index in [4.69, 9.17) is 4.65 Å². The molecule has 0 saturated heterocycles. The first-order valence-electron chi connectivity index (χ1n) is 5.21. The molecule has 0 aromatic rings. The summed E-state index contributed by atoms with van der Waals surface area (Å²) in [6, 6.07) is 0. The third-order valence-electron chi connectivity index (χ3n) is 2.94. The van der Waals surface area contributed by atoms with Crippen LogP contribution in [0.5, 0.6) is 0 Å². The lowest BCUT2D eigenvalue weighted by molar-refractivity contribution is -0.0906. The first-order valence-corrected chi connectivity index (χ1v) is 5.21. The number of hydrazone groups is 1. The van der Waals surface area contributed by atoms with E-state index < -0.39 is 11.2 Å². The molecule has 4 nitrogen and oxygen atoms in total. The molecule has 15 heavy (non-hydrogen) atoms. The van der Waals surface area contributed by atoms with Gasteiger partial charge in [0.15, 0.2) is 0 Å². The van der Waals surface area contributed by atoms with Crippen molar-refractivity contribution in [3.8, 4) is 0 Å². The van der Waals surface area contributed by atoms with Gasteiger partial charge >= 0.3 is 7.48 Å². The Morgan fingerprint density at radius 3 is 2.47 bits per heavy atom. The molecule has 0 bridgehead atoms. The van der Waals surface area contributed by atoms with E-state index in [1.165, 1.54) is 0 Å². The van der Waals surface area contributed by atoms with Crippen LogP contribution < -0.4 is 0 Å². The van der Waals surface area contributed by atoms with Gasteiger partial charge in [-0.1, -0.05) is 0 Å². The molecule has 0 spiro atoms. The molecule has 1 heterocycles. The normalized spacial score (nSPS) is 22.3. The average molecular weight is 211 g/mol. The SMILES string of the molecule is CN1CC([B]OC(C)(C)C(C)(C)O)C=N1. The van der Waals surface area contributed by atoms with Gasteiger partial charge in [0, 0.05) is 25.6 Å². The summed E-state index contributed by atoms with van der Waals surface area (Å²) < 4.78 is 5.63. The number of rotatable bonds is 4. The summed E-state index contributed by atoms with van der Waals surface area (Å²) in [5.74, 6) is 0.205. The Morgan fingerprint density at radius 2 is 2.07 bits per heavy atom. The lowest BCUT2D eigenvalue weighted by Gasteiger charge is -2.38. The quantitative estimate of drug-likeness (QED) is 0.702. The highest BCUT2D eigenvalue weighted by molar-refractivity contribution is 6.36. The Morgan fingerprint density at radius 1 is 1.47 bits per heavy atom. The van der Waals surface area contributed by atoms with E-state index in [1.54, 1.807) is 21.3 Å². The third kappa shape index (κ3) is 3.21. The number of aliphatic hydroxyl groups is 1. The van der Waals surface area contributed by atoms with E-state index >= 15 is 0 Å². The van der Waals surface area contributed by atoms with Gasteiger partial charge in [-0.05, 0) is 27.7 Å². The van der Waals surface area contributed by atoms with Crippen LogP contribution in [0.3, 0.4) is 0 Å². The van der Waals surface area contributed by atoms with Crippen molar-refractivity contribution in [2.24, 2.45) is 5.10 Å². The molecule has 1 atom stereocenters. The van der Waals surface area contributed by atoms with Gasteiger partial charge in [0.25, 0.3) is 0 Å². The maximum Gasteiger partial charge on any atom is 0.304 e. The van der Waals surface area contributed by atoms with Crippen LogP contribution in [0.2, 0.25) is 5.82 Å². The first-order chi connectivity index (χ1) is 6.72. The zero-order chi connectivity index (χ0) is 11.7. The van der Waals surface area contributed by atoms with E-state index in [1.807, 2.05) is 32.1 Å². The third-order valence-corrected chi connectivity index (χ3v) is 2.94. The van der Waals surface area contributed by atoms with Gasteiger partial charge in [-0.15, -0.1) is 0 Å². The summed E-state index contributed by atoms with van der Waals surface area (Å²) in [5.41, 5.74) is -1.47. The zero-order valence-electron chi connectivity index (χ0n) is 10.2. The van der Waals surface area contributed by atoms with Crippen molar-refractivity contribution >= 4 is 13.7 Å². The highest BCUT2D eigenvalue weighted by atomic mass is 16.5. The summed E-state index contributed by atoms with van der Waals surface area (Å²) in [5, 5.41) is 15.9. The van der Waals surface area contributed by atoms with Crippen LogP contribution >= 0.6 is 0 Å². The molecule has 5 heteroatoms. The molecule has 1 aliphatic rings. The van der Waals surface area contributed by atoms with Crippen LogP contribution in [0, 0.1) is 0 Å². The molecule has 1 aliphatic heterocycles. The van der Waals surface area contributed by atoms with E-state index in [0.717, 1.165) is 6.54 Å². The topological polar surface area (TPSA) is 45.1 Å². The maximum absolute atomic E-state index is 9.88. The van der Waals surface area contributed by atoms with Crippen molar-refractivity contribution < 1.29 is 9.76 Å². The lowest BCUT2D eigenvalue weighted by atomic mass is 9.78. The minimum atomic E-state index is -0.870. The standard InChI is InChI=1S/C10H20BN2O2/c1-9(2,14)10(3,4)15-11-8-6-12-13(5)7-8/h6,8,14H,7H2,1-5H3.